The lowest BCUT2D eigenvalue weighted by molar-refractivity contribution is 0.768. The third kappa shape index (κ3) is 7.25. The topological polar surface area (TPSA) is 8.17 Å². The summed E-state index contributed by atoms with van der Waals surface area (Å²) in [6.07, 6.45) is 0. The van der Waals surface area contributed by atoms with Gasteiger partial charge in [-0.1, -0.05) is 237 Å². The Morgan fingerprint density at radius 1 is 0.260 bits per heavy atom. The van der Waals surface area contributed by atoms with Crippen molar-refractivity contribution in [3.63, 3.8) is 0 Å². The summed E-state index contributed by atoms with van der Waals surface area (Å²) >= 11 is 0. The summed E-state index contributed by atoms with van der Waals surface area (Å²) in [5, 5.41) is 7.46. The molecule has 0 spiro atoms. The fraction of sp³-hybridized carbons (Fsp3) is 0.0133. The van der Waals surface area contributed by atoms with E-state index in [0.717, 1.165) is 22.6 Å². The Morgan fingerprint density at radius 2 is 0.740 bits per heavy atom. The molecule has 0 radical (unpaired) electrons. The number of aromatic nitrogens is 1. The van der Waals surface area contributed by atoms with Crippen molar-refractivity contribution >= 4 is 60.4 Å². The average molecular weight is 979 g/mol. The summed E-state index contributed by atoms with van der Waals surface area (Å²) in [5.41, 5.74) is 21.1. The van der Waals surface area contributed by atoms with Gasteiger partial charge in [0.25, 0.3) is 0 Å². The Bertz CT molecular complexity index is 4490. The maximum absolute atomic E-state index is 2.46. The van der Waals surface area contributed by atoms with Gasteiger partial charge in [0.05, 0.1) is 22.1 Å². The molecule has 1 aromatic heterocycles. The Hall–Kier alpha value is -10.0. The Morgan fingerprint density at radius 3 is 1.44 bits per heavy atom. The molecular formula is C75H50N2. The zero-order chi connectivity index (χ0) is 50.9. The molecule has 0 bridgehead atoms. The fourth-order valence-corrected chi connectivity index (χ4v) is 12.7. The third-order valence-corrected chi connectivity index (χ3v) is 16.3. The van der Waals surface area contributed by atoms with Crippen LogP contribution in [0.25, 0.3) is 93.5 Å². The first kappa shape index (κ1) is 44.5. The van der Waals surface area contributed by atoms with Crippen LogP contribution in [0.15, 0.2) is 303 Å². The van der Waals surface area contributed by atoms with Gasteiger partial charge in [-0.3, -0.25) is 0 Å². The summed E-state index contributed by atoms with van der Waals surface area (Å²) in [7, 11) is 0. The van der Waals surface area contributed by atoms with Gasteiger partial charge >= 0.3 is 0 Å². The lowest BCUT2D eigenvalue weighted by atomic mass is 9.67. The summed E-state index contributed by atoms with van der Waals surface area (Å²) in [4.78, 5) is 2.43. The van der Waals surface area contributed by atoms with Crippen molar-refractivity contribution in [3.05, 3.63) is 326 Å². The second kappa shape index (κ2) is 18.1. The monoisotopic (exact) mass is 978 g/mol. The number of anilines is 3. The molecule has 2 heteroatoms. The van der Waals surface area contributed by atoms with Crippen molar-refractivity contribution in [2.24, 2.45) is 0 Å². The average Bonchev–Trinajstić information content (AvgIpc) is 4.20. The molecule has 0 atom stereocenters. The molecule has 0 unspecified atom stereocenters. The molecular weight excluding hydrogens is 929 g/mol. The van der Waals surface area contributed by atoms with E-state index >= 15 is 0 Å². The molecule has 1 aliphatic rings. The number of hydrogen-bond acceptors (Lipinski definition) is 1. The molecule has 77 heavy (non-hydrogen) atoms. The van der Waals surface area contributed by atoms with Crippen LogP contribution >= 0.6 is 0 Å². The standard InChI is InChI=1S/C75H50N2/c1-3-20-60(21-4-1)75(61-22-5-2-6-23-61)70-27-13-11-25-66(70)67-46-45-64(50-71(67)75)76(63-43-38-55(39-44-63)58-35-34-51-16-7-8-18-57(51)48-58)62-41-36-53(37-42-62)52-30-32-54(33-31-52)59-40-47-74-69(49-59)68-26-12-14-28-73(68)77(74)72-29-15-19-56-17-9-10-24-65(56)72/h1-50H. The van der Waals surface area contributed by atoms with E-state index in [2.05, 4.69) is 313 Å². The van der Waals surface area contributed by atoms with Crippen LogP contribution in [-0.4, -0.2) is 4.57 Å². The molecule has 1 heterocycles. The molecule has 2 nitrogen and oxygen atoms in total. The second-order valence-electron chi connectivity index (χ2n) is 20.4. The maximum atomic E-state index is 2.46. The van der Waals surface area contributed by atoms with E-state index in [9.17, 15) is 0 Å². The van der Waals surface area contributed by atoms with Gasteiger partial charge in [0, 0.05) is 33.2 Å². The maximum Gasteiger partial charge on any atom is 0.0714 e. The van der Waals surface area contributed by atoms with E-state index in [1.54, 1.807) is 0 Å². The van der Waals surface area contributed by atoms with Crippen LogP contribution in [0.3, 0.4) is 0 Å². The molecule has 0 saturated carbocycles. The molecule has 0 amide bonds. The van der Waals surface area contributed by atoms with Gasteiger partial charge in [-0.15, -0.1) is 0 Å². The minimum absolute atomic E-state index is 0.520. The van der Waals surface area contributed by atoms with Crippen LogP contribution in [0.5, 0.6) is 0 Å². The van der Waals surface area contributed by atoms with Gasteiger partial charge in [-0.2, -0.15) is 0 Å². The predicted molar refractivity (Wildman–Crippen MR) is 324 cm³/mol. The molecule has 0 N–H and O–H groups in total. The number of nitrogens with zero attached hydrogens (tertiary/aromatic N) is 2. The van der Waals surface area contributed by atoms with Crippen molar-refractivity contribution in [1.82, 2.24) is 4.57 Å². The van der Waals surface area contributed by atoms with Gasteiger partial charge in [-0.25, -0.2) is 0 Å². The molecule has 0 fully saturated rings. The SMILES string of the molecule is c1ccc(C2(c3ccccc3)c3ccccc3-c3ccc(N(c4ccc(-c5ccc(-c6ccc7c(c6)c6ccccc6n7-c6cccc7ccccc67)cc5)cc4)c4ccc(-c5ccc6ccccc6c5)cc4)cc32)cc1. The number of benzene rings is 13. The van der Waals surface area contributed by atoms with Crippen molar-refractivity contribution in [3.8, 4) is 50.2 Å². The molecule has 0 saturated heterocycles. The first-order valence-corrected chi connectivity index (χ1v) is 26.6. The van der Waals surface area contributed by atoms with Crippen LogP contribution in [-0.2, 0) is 5.41 Å². The highest BCUT2D eigenvalue weighted by molar-refractivity contribution is 6.12. The highest BCUT2D eigenvalue weighted by Crippen LogP contribution is 2.57. The smallest absolute Gasteiger partial charge is 0.0714 e. The minimum atomic E-state index is -0.520. The lowest BCUT2D eigenvalue weighted by Gasteiger charge is -2.35. The van der Waals surface area contributed by atoms with E-state index in [0.29, 0.717) is 0 Å². The van der Waals surface area contributed by atoms with Gasteiger partial charge in [0.1, 0.15) is 0 Å². The highest BCUT2D eigenvalue weighted by atomic mass is 15.1. The van der Waals surface area contributed by atoms with E-state index in [-0.39, 0.29) is 0 Å². The van der Waals surface area contributed by atoms with Crippen LogP contribution in [0.1, 0.15) is 22.3 Å². The molecule has 15 rings (SSSR count). The molecule has 13 aromatic carbocycles. The van der Waals surface area contributed by atoms with Crippen molar-refractivity contribution in [2.45, 2.75) is 5.41 Å². The van der Waals surface area contributed by atoms with Crippen LogP contribution in [0, 0.1) is 0 Å². The van der Waals surface area contributed by atoms with Gasteiger partial charge in [-0.05, 0) is 150 Å². The lowest BCUT2D eigenvalue weighted by Crippen LogP contribution is -2.28. The largest absolute Gasteiger partial charge is 0.310 e. The minimum Gasteiger partial charge on any atom is -0.310 e. The number of fused-ring (bicyclic) bond motifs is 8. The quantitative estimate of drug-likeness (QED) is 0.140. The van der Waals surface area contributed by atoms with E-state index < -0.39 is 5.41 Å². The summed E-state index contributed by atoms with van der Waals surface area (Å²) in [6, 6.07) is 112. The van der Waals surface area contributed by atoms with Crippen LogP contribution in [0.2, 0.25) is 0 Å². The van der Waals surface area contributed by atoms with E-state index in [1.165, 1.54) is 110 Å². The zero-order valence-electron chi connectivity index (χ0n) is 42.3. The van der Waals surface area contributed by atoms with Gasteiger partial charge < -0.3 is 9.47 Å². The van der Waals surface area contributed by atoms with Crippen LogP contribution in [0.4, 0.5) is 17.1 Å². The zero-order valence-corrected chi connectivity index (χ0v) is 42.3. The summed E-state index contributed by atoms with van der Waals surface area (Å²) in [6.45, 7) is 0. The second-order valence-corrected chi connectivity index (χ2v) is 20.4. The number of rotatable bonds is 9. The first-order valence-electron chi connectivity index (χ1n) is 26.6. The molecule has 14 aromatic rings. The van der Waals surface area contributed by atoms with Crippen molar-refractivity contribution in [1.29, 1.82) is 0 Å². The van der Waals surface area contributed by atoms with Crippen LogP contribution < -0.4 is 4.90 Å². The normalized spacial score (nSPS) is 12.5. The molecule has 360 valence electrons. The van der Waals surface area contributed by atoms with Gasteiger partial charge in [0.15, 0.2) is 0 Å². The predicted octanol–water partition coefficient (Wildman–Crippen LogP) is 19.9. The van der Waals surface area contributed by atoms with E-state index in [4.69, 9.17) is 0 Å². The Kier molecular flexibility index (Phi) is 10.5. The number of para-hydroxylation sites is 1. The summed E-state index contributed by atoms with van der Waals surface area (Å²) < 4.78 is 2.43. The first-order chi connectivity index (χ1) is 38.2. The van der Waals surface area contributed by atoms with E-state index in [1.807, 2.05) is 0 Å². The molecule has 1 aliphatic carbocycles. The van der Waals surface area contributed by atoms with Gasteiger partial charge in [0.2, 0.25) is 0 Å². The molecule has 0 aliphatic heterocycles. The highest BCUT2D eigenvalue weighted by Gasteiger charge is 2.46. The Labute approximate surface area is 448 Å². The Balaban J connectivity index is 0.814. The van der Waals surface area contributed by atoms with Crippen molar-refractivity contribution < 1.29 is 0 Å². The third-order valence-electron chi connectivity index (χ3n) is 16.3. The van der Waals surface area contributed by atoms with Crippen molar-refractivity contribution in [2.75, 3.05) is 4.90 Å². The number of hydrogen-bond donors (Lipinski definition) is 0. The fourth-order valence-electron chi connectivity index (χ4n) is 12.7. The summed E-state index contributed by atoms with van der Waals surface area (Å²) in [5.74, 6) is 0.